The molecule has 0 aliphatic carbocycles. The fourth-order valence-electron chi connectivity index (χ4n) is 2.10. The fraction of sp³-hybridized carbons (Fsp3) is 0.200. The molecule has 0 saturated heterocycles. The van der Waals surface area contributed by atoms with Gasteiger partial charge in [0.15, 0.2) is 0 Å². The normalized spacial score (nSPS) is 12.5. The summed E-state index contributed by atoms with van der Waals surface area (Å²) in [6.45, 7) is 1.47. The monoisotopic (exact) mass is 299 g/mol. The summed E-state index contributed by atoms with van der Waals surface area (Å²) in [4.78, 5) is 0. The van der Waals surface area contributed by atoms with Crippen LogP contribution >= 0.6 is 11.6 Å². The lowest BCUT2D eigenvalue weighted by atomic mass is 9.96. The number of rotatable bonds is 3. The highest BCUT2D eigenvalue weighted by Gasteiger charge is 2.21. The van der Waals surface area contributed by atoms with Crippen molar-refractivity contribution in [3.05, 3.63) is 69.5 Å². The molecular formula is C15H13ClF3N. The van der Waals surface area contributed by atoms with E-state index in [4.69, 9.17) is 11.6 Å². The first-order chi connectivity index (χ1) is 9.43. The van der Waals surface area contributed by atoms with E-state index in [0.717, 1.165) is 18.2 Å². The zero-order chi connectivity index (χ0) is 14.9. The van der Waals surface area contributed by atoms with Crippen LogP contribution in [0, 0.1) is 24.4 Å². The summed E-state index contributed by atoms with van der Waals surface area (Å²) in [5, 5.41) is 3.04. The second kappa shape index (κ2) is 5.85. The van der Waals surface area contributed by atoms with Crippen LogP contribution in [0.1, 0.15) is 22.7 Å². The third kappa shape index (κ3) is 2.81. The Morgan fingerprint density at radius 2 is 1.60 bits per heavy atom. The molecule has 2 rings (SSSR count). The Morgan fingerprint density at radius 3 is 2.20 bits per heavy atom. The van der Waals surface area contributed by atoms with Crippen LogP contribution in [0.4, 0.5) is 13.2 Å². The molecule has 0 aliphatic heterocycles. The molecule has 0 heterocycles. The van der Waals surface area contributed by atoms with E-state index in [1.807, 2.05) is 0 Å². The summed E-state index contributed by atoms with van der Waals surface area (Å²) < 4.78 is 41.6. The predicted molar refractivity (Wildman–Crippen MR) is 73.4 cm³/mol. The van der Waals surface area contributed by atoms with Crippen molar-refractivity contribution in [3.8, 4) is 0 Å². The SMILES string of the molecule is CNC(c1ccc(Cl)cc1F)c1cc(F)c(C)cc1F. The molecule has 0 radical (unpaired) electrons. The maximum absolute atomic E-state index is 14.0. The number of benzene rings is 2. The summed E-state index contributed by atoms with van der Waals surface area (Å²) in [5.41, 5.74) is 0.466. The van der Waals surface area contributed by atoms with Crippen LogP contribution < -0.4 is 5.32 Å². The molecule has 20 heavy (non-hydrogen) atoms. The Balaban J connectivity index is 2.55. The first kappa shape index (κ1) is 14.9. The standard InChI is InChI=1S/C15H13ClF3N/c1-8-5-13(18)11(7-12(8)17)15(20-2)10-4-3-9(16)6-14(10)19/h3-7,15,20H,1-2H3. The van der Waals surface area contributed by atoms with Gasteiger partial charge in [-0.05, 0) is 43.8 Å². The van der Waals surface area contributed by atoms with E-state index >= 15 is 0 Å². The topological polar surface area (TPSA) is 12.0 Å². The fourth-order valence-corrected chi connectivity index (χ4v) is 2.26. The minimum atomic E-state index is -0.789. The van der Waals surface area contributed by atoms with Crippen LogP contribution in [0.5, 0.6) is 0 Å². The van der Waals surface area contributed by atoms with Crippen LogP contribution in [0.3, 0.4) is 0 Å². The molecular weight excluding hydrogens is 287 g/mol. The summed E-state index contributed by atoms with van der Waals surface area (Å²) in [6, 6.07) is 5.50. The van der Waals surface area contributed by atoms with Crippen LogP contribution in [-0.2, 0) is 0 Å². The Kier molecular flexibility index (Phi) is 4.35. The Bertz CT molecular complexity index is 643. The van der Waals surface area contributed by atoms with Gasteiger partial charge in [-0.1, -0.05) is 17.7 Å². The first-order valence-corrected chi connectivity index (χ1v) is 6.39. The Morgan fingerprint density at radius 1 is 0.950 bits per heavy atom. The van der Waals surface area contributed by atoms with Crippen LogP contribution in [0.15, 0.2) is 30.3 Å². The van der Waals surface area contributed by atoms with Gasteiger partial charge in [-0.2, -0.15) is 0 Å². The number of aryl methyl sites for hydroxylation is 1. The third-order valence-electron chi connectivity index (χ3n) is 3.15. The number of hydrogen-bond donors (Lipinski definition) is 1. The molecule has 2 aromatic rings. The zero-order valence-corrected chi connectivity index (χ0v) is 11.7. The van der Waals surface area contributed by atoms with E-state index in [1.54, 1.807) is 7.05 Å². The maximum Gasteiger partial charge on any atom is 0.129 e. The molecule has 0 saturated carbocycles. The van der Waals surface area contributed by atoms with E-state index in [0.29, 0.717) is 0 Å². The molecule has 1 unspecified atom stereocenters. The van der Waals surface area contributed by atoms with Gasteiger partial charge < -0.3 is 5.32 Å². The van der Waals surface area contributed by atoms with Crippen molar-refractivity contribution in [1.82, 2.24) is 5.32 Å². The Labute approximate surface area is 120 Å². The van der Waals surface area contributed by atoms with Gasteiger partial charge in [0.25, 0.3) is 0 Å². The van der Waals surface area contributed by atoms with Crippen molar-refractivity contribution in [2.75, 3.05) is 7.05 Å². The molecule has 5 heteroatoms. The minimum Gasteiger partial charge on any atom is -0.309 e. The van der Waals surface area contributed by atoms with E-state index < -0.39 is 23.5 Å². The lowest BCUT2D eigenvalue weighted by molar-refractivity contribution is 0.534. The van der Waals surface area contributed by atoms with Crippen molar-refractivity contribution in [3.63, 3.8) is 0 Å². The minimum absolute atomic E-state index is 0.0526. The van der Waals surface area contributed by atoms with Crippen molar-refractivity contribution in [2.45, 2.75) is 13.0 Å². The molecule has 1 atom stereocenters. The summed E-state index contributed by atoms with van der Waals surface area (Å²) in [5.74, 6) is -1.69. The zero-order valence-electron chi connectivity index (χ0n) is 11.0. The average Bonchev–Trinajstić information content (AvgIpc) is 2.38. The van der Waals surface area contributed by atoms with Crippen LogP contribution in [-0.4, -0.2) is 7.05 Å². The largest absolute Gasteiger partial charge is 0.309 e. The van der Waals surface area contributed by atoms with Gasteiger partial charge in [0.2, 0.25) is 0 Å². The predicted octanol–water partition coefficient (Wildman–Crippen LogP) is 4.37. The molecule has 2 aromatic carbocycles. The van der Waals surface area contributed by atoms with E-state index in [1.165, 1.54) is 19.1 Å². The lowest BCUT2D eigenvalue weighted by Gasteiger charge is -2.19. The van der Waals surface area contributed by atoms with Gasteiger partial charge in [-0.15, -0.1) is 0 Å². The van der Waals surface area contributed by atoms with E-state index in [9.17, 15) is 13.2 Å². The number of nitrogens with one attached hydrogen (secondary N) is 1. The smallest absolute Gasteiger partial charge is 0.129 e. The van der Waals surface area contributed by atoms with Crippen molar-refractivity contribution in [1.29, 1.82) is 0 Å². The van der Waals surface area contributed by atoms with Gasteiger partial charge in [0.1, 0.15) is 17.5 Å². The van der Waals surface area contributed by atoms with Gasteiger partial charge in [0, 0.05) is 16.1 Å². The highest BCUT2D eigenvalue weighted by atomic mass is 35.5. The quantitative estimate of drug-likeness (QED) is 0.887. The molecule has 1 nitrogen and oxygen atoms in total. The second-order valence-corrected chi connectivity index (χ2v) is 4.95. The summed E-state index contributed by atoms with van der Waals surface area (Å²) >= 11 is 5.69. The number of halogens is 4. The molecule has 0 fully saturated rings. The molecule has 0 amide bonds. The lowest BCUT2D eigenvalue weighted by Crippen LogP contribution is -2.20. The van der Waals surface area contributed by atoms with Crippen molar-refractivity contribution < 1.29 is 13.2 Å². The van der Waals surface area contributed by atoms with Gasteiger partial charge in [0.05, 0.1) is 6.04 Å². The first-order valence-electron chi connectivity index (χ1n) is 6.01. The highest BCUT2D eigenvalue weighted by Crippen LogP contribution is 2.29. The second-order valence-electron chi connectivity index (χ2n) is 4.51. The van der Waals surface area contributed by atoms with Crippen molar-refractivity contribution >= 4 is 11.6 Å². The van der Waals surface area contributed by atoms with Crippen LogP contribution in [0.25, 0.3) is 0 Å². The Hall–Kier alpha value is -1.52. The molecule has 0 spiro atoms. The van der Waals surface area contributed by atoms with Gasteiger partial charge in [-0.3, -0.25) is 0 Å². The van der Waals surface area contributed by atoms with Crippen LogP contribution in [0.2, 0.25) is 5.02 Å². The summed E-state index contributed by atoms with van der Waals surface area (Å²) in [6.07, 6.45) is 0. The summed E-state index contributed by atoms with van der Waals surface area (Å²) in [7, 11) is 1.55. The van der Waals surface area contributed by atoms with Gasteiger partial charge >= 0.3 is 0 Å². The molecule has 1 N–H and O–H groups in total. The van der Waals surface area contributed by atoms with Crippen molar-refractivity contribution in [2.24, 2.45) is 0 Å². The van der Waals surface area contributed by atoms with E-state index in [-0.39, 0.29) is 21.7 Å². The molecule has 0 aliphatic rings. The third-order valence-corrected chi connectivity index (χ3v) is 3.39. The molecule has 0 aromatic heterocycles. The molecule has 106 valence electrons. The van der Waals surface area contributed by atoms with E-state index in [2.05, 4.69) is 5.32 Å². The average molecular weight is 300 g/mol. The van der Waals surface area contributed by atoms with Gasteiger partial charge in [-0.25, -0.2) is 13.2 Å². The number of hydrogen-bond acceptors (Lipinski definition) is 1. The molecule has 0 bridgehead atoms. The highest BCUT2D eigenvalue weighted by molar-refractivity contribution is 6.30. The maximum atomic E-state index is 14.0.